The first kappa shape index (κ1) is 11.5. The van der Waals surface area contributed by atoms with Crippen LogP contribution in [0, 0.1) is 0 Å². The van der Waals surface area contributed by atoms with Crippen molar-refractivity contribution in [1.29, 1.82) is 0 Å². The third-order valence-corrected chi connectivity index (χ3v) is 2.18. The van der Waals surface area contributed by atoms with Crippen LogP contribution in [0.15, 0.2) is 35.6 Å². The molecule has 1 atom stereocenters. The average Bonchev–Trinajstić information content (AvgIpc) is 2.43. The van der Waals surface area contributed by atoms with E-state index in [0.717, 1.165) is 11.3 Å². The highest BCUT2D eigenvalue weighted by Crippen LogP contribution is 2.15. The van der Waals surface area contributed by atoms with Gasteiger partial charge in [-0.2, -0.15) is 0 Å². The molecule has 1 rings (SSSR count). The molecule has 0 saturated heterocycles. The van der Waals surface area contributed by atoms with Gasteiger partial charge in [-0.05, 0) is 25.0 Å². The lowest BCUT2D eigenvalue weighted by Crippen LogP contribution is -2.30. The van der Waals surface area contributed by atoms with Gasteiger partial charge in [-0.1, -0.05) is 17.7 Å². The van der Waals surface area contributed by atoms with Crippen molar-refractivity contribution in [3.8, 4) is 0 Å². The van der Waals surface area contributed by atoms with Gasteiger partial charge in [0.2, 0.25) is 0 Å². The van der Waals surface area contributed by atoms with Crippen molar-refractivity contribution in [2.45, 2.75) is 18.9 Å². The van der Waals surface area contributed by atoms with Gasteiger partial charge in [0.1, 0.15) is 11.8 Å². The summed E-state index contributed by atoms with van der Waals surface area (Å²) >= 11 is 0. The molecule has 82 valence electrons. The number of hydrogen-bond donors (Lipinski definition) is 2. The molecule has 0 aromatic heterocycles. The monoisotopic (exact) mass is 209 g/mol. The van der Waals surface area contributed by atoms with E-state index < -0.39 is 12.0 Å². The fourth-order valence-corrected chi connectivity index (χ4v) is 1.31. The summed E-state index contributed by atoms with van der Waals surface area (Å²) < 4.78 is 5.05. The fourth-order valence-electron chi connectivity index (χ4n) is 1.31. The second-order valence-corrected chi connectivity index (χ2v) is 3.35. The fraction of sp³-hybridized carbons (Fsp3) is 0.364. The van der Waals surface area contributed by atoms with Crippen molar-refractivity contribution in [2.75, 3.05) is 7.11 Å². The molecule has 1 aliphatic carbocycles. The number of aliphatic carboxylic acids is 1. The van der Waals surface area contributed by atoms with Gasteiger partial charge in [-0.3, -0.25) is 4.79 Å². The summed E-state index contributed by atoms with van der Waals surface area (Å²) in [6.45, 7) is 0. The number of hydrogen-bond acceptors (Lipinski definition) is 3. The molecular weight excluding hydrogens is 194 g/mol. The highest BCUT2D eigenvalue weighted by molar-refractivity contribution is 5.73. The summed E-state index contributed by atoms with van der Waals surface area (Å²) in [4.78, 5) is 10.6. The zero-order chi connectivity index (χ0) is 11.3. The lowest BCUT2D eigenvalue weighted by molar-refractivity contribution is -0.138. The smallest absolute Gasteiger partial charge is 0.320 e. The molecule has 3 N–H and O–H groups in total. The maximum atomic E-state index is 10.6. The second kappa shape index (κ2) is 5.36. The number of rotatable bonds is 4. The lowest BCUT2D eigenvalue weighted by Gasteiger charge is -2.07. The molecule has 0 spiro atoms. The summed E-state index contributed by atoms with van der Waals surface area (Å²) in [5.74, 6) is -0.214. The quantitative estimate of drug-likeness (QED) is 0.729. The van der Waals surface area contributed by atoms with Crippen LogP contribution >= 0.6 is 0 Å². The minimum absolute atomic E-state index is 0.368. The summed E-state index contributed by atoms with van der Waals surface area (Å²) in [5.41, 5.74) is 6.44. The van der Waals surface area contributed by atoms with Gasteiger partial charge >= 0.3 is 5.97 Å². The topological polar surface area (TPSA) is 72.5 Å². The Morgan fingerprint density at radius 1 is 1.67 bits per heavy atom. The average molecular weight is 209 g/mol. The number of carbonyl (C=O) groups is 1. The highest BCUT2D eigenvalue weighted by atomic mass is 16.5. The van der Waals surface area contributed by atoms with Gasteiger partial charge in [-0.25, -0.2) is 0 Å². The molecule has 4 heteroatoms. The molecule has 0 fully saturated rings. The minimum Gasteiger partial charge on any atom is -0.497 e. The van der Waals surface area contributed by atoms with Crippen molar-refractivity contribution in [2.24, 2.45) is 5.73 Å². The molecule has 0 bridgehead atoms. The van der Waals surface area contributed by atoms with E-state index >= 15 is 0 Å². The van der Waals surface area contributed by atoms with Crippen molar-refractivity contribution in [3.05, 3.63) is 35.6 Å². The van der Waals surface area contributed by atoms with Crippen LogP contribution in [-0.4, -0.2) is 24.2 Å². The largest absolute Gasteiger partial charge is 0.497 e. The van der Waals surface area contributed by atoms with Crippen LogP contribution in [0.2, 0.25) is 0 Å². The third-order valence-electron chi connectivity index (χ3n) is 2.18. The van der Waals surface area contributed by atoms with Gasteiger partial charge in [0.25, 0.3) is 0 Å². The van der Waals surface area contributed by atoms with E-state index in [4.69, 9.17) is 15.6 Å². The van der Waals surface area contributed by atoms with E-state index in [2.05, 4.69) is 0 Å². The maximum absolute atomic E-state index is 10.6. The maximum Gasteiger partial charge on any atom is 0.320 e. The Balaban J connectivity index is 2.65. The molecule has 1 aliphatic rings. The molecule has 15 heavy (non-hydrogen) atoms. The van der Waals surface area contributed by atoms with Crippen LogP contribution in [0.1, 0.15) is 12.8 Å². The van der Waals surface area contributed by atoms with Crippen molar-refractivity contribution in [3.63, 3.8) is 0 Å². The Morgan fingerprint density at radius 3 is 3.00 bits per heavy atom. The first-order valence-electron chi connectivity index (χ1n) is 4.72. The van der Waals surface area contributed by atoms with E-state index in [1.807, 2.05) is 24.3 Å². The van der Waals surface area contributed by atoms with Gasteiger partial charge in [0.15, 0.2) is 0 Å². The normalized spacial score (nSPS) is 17.5. The van der Waals surface area contributed by atoms with Crippen LogP contribution in [0.5, 0.6) is 0 Å². The Labute approximate surface area is 88.7 Å². The Morgan fingerprint density at radius 2 is 2.40 bits per heavy atom. The van der Waals surface area contributed by atoms with E-state index in [-0.39, 0.29) is 0 Å². The number of nitrogens with two attached hydrogens (primary N) is 1. The van der Waals surface area contributed by atoms with Gasteiger partial charge in [-0.15, -0.1) is 0 Å². The molecule has 0 radical (unpaired) electrons. The zero-order valence-corrected chi connectivity index (χ0v) is 8.64. The van der Waals surface area contributed by atoms with Crippen molar-refractivity contribution < 1.29 is 14.6 Å². The molecule has 0 saturated carbocycles. The van der Waals surface area contributed by atoms with Crippen LogP contribution in [0.25, 0.3) is 0 Å². The number of carboxylic acids is 1. The first-order chi connectivity index (χ1) is 7.13. The van der Waals surface area contributed by atoms with Crippen molar-refractivity contribution in [1.82, 2.24) is 0 Å². The molecule has 0 amide bonds. The summed E-state index contributed by atoms with van der Waals surface area (Å²) in [5, 5.41) is 8.67. The molecule has 0 aromatic carbocycles. The van der Waals surface area contributed by atoms with Crippen LogP contribution < -0.4 is 5.73 Å². The Hall–Kier alpha value is -1.55. The summed E-state index contributed by atoms with van der Waals surface area (Å²) in [7, 11) is 1.60. The first-order valence-corrected chi connectivity index (χ1v) is 4.72. The number of allylic oxidation sites excluding steroid dienone is 4. The van der Waals surface area contributed by atoms with E-state index in [0.29, 0.717) is 12.8 Å². The van der Waals surface area contributed by atoms with E-state index in [9.17, 15) is 4.79 Å². The standard InChI is InChI=1S/C11H15NO3/c1-15-9-4-2-3-8(5-6-9)7-10(12)11(13)14/h2,4-6,10H,3,7,12H2,1H3,(H,13,14). The van der Waals surface area contributed by atoms with E-state index in [1.54, 1.807) is 7.11 Å². The Kier molecular flexibility index (Phi) is 4.12. The van der Waals surface area contributed by atoms with Crippen LogP contribution in [0.4, 0.5) is 0 Å². The minimum atomic E-state index is -0.972. The number of ether oxygens (including phenoxy) is 1. The SMILES string of the molecule is COC1=CC=C(CC(N)C(=O)O)CC=C1. The van der Waals surface area contributed by atoms with Gasteiger partial charge < -0.3 is 15.6 Å². The Bertz CT molecular complexity index is 329. The summed E-state index contributed by atoms with van der Waals surface area (Å²) in [6.07, 6.45) is 8.55. The van der Waals surface area contributed by atoms with Gasteiger partial charge in [0, 0.05) is 0 Å². The molecule has 4 nitrogen and oxygen atoms in total. The van der Waals surface area contributed by atoms with E-state index in [1.165, 1.54) is 0 Å². The van der Waals surface area contributed by atoms with Gasteiger partial charge in [0.05, 0.1) is 7.11 Å². The predicted molar refractivity (Wildman–Crippen MR) is 57.2 cm³/mol. The van der Waals surface area contributed by atoms with Crippen LogP contribution in [0.3, 0.4) is 0 Å². The molecule has 0 aliphatic heterocycles. The number of carboxylic acid groups (broad SMARTS) is 1. The second-order valence-electron chi connectivity index (χ2n) is 3.35. The number of methoxy groups -OCH3 is 1. The molecule has 1 unspecified atom stereocenters. The lowest BCUT2D eigenvalue weighted by atomic mass is 10.0. The zero-order valence-electron chi connectivity index (χ0n) is 8.64. The molecular formula is C11H15NO3. The van der Waals surface area contributed by atoms with Crippen molar-refractivity contribution >= 4 is 5.97 Å². The highest BCUT2D eigenvalue weighted by Gasteiger charge is 2.13. The molecule has 0 heterocycles. The third kappa shape index (κ3) is 3.59. The molecule has 0 aromatic rings. The predicted octanol–water partition coefficient (Wildman–Crippen LogP) is 1.21. The van der Waals surface area contributed by atoms with Crippen LogP contribution in [-0.2, 0) is 9.53 Å². The summed E-state index contributed by atoms with van der Waals surface area (Å²) in [6, 6.07) is -0.831.